The lowest BCUT2D eigenvalue weighted by atomic mass is 9.98. The number of alkyl halides is 3. The fourth-order valence-electron chi connectivity index (χ4n) is 6.94. The van der Waals surface area contributed by atoms with E-state index in [1.165, 1.54) is 0 Å². The number of benzene rings is 5. The molecule has 290 valence electrons. The lowest BCUT2D eigenvalue weighted by Crippen LogP contribution is -2.62. The Balaban J connectivity index is 1.18. The maximum absolute atomic E-state index is 13.8. The summed E-state index contributed by atoms with van der Waals surface area (Å²) in [6.45, 7) is 0.556. The number of fused-ring (bicyclic) bond motifs is 3. The Kier molecular flexibility index (Phi) is 13.3. The summed E-state index contributed by atoms with van der Waals surface area (Å²) in [4.78, 5) is 13.8. The third-order valence-corrected chi connectivity index (χ3v) is 10.1. The van der Waals surface area contributed by atoms with Crippen molar-refractivity contribution >= 4 is 46.9 Å². The van der Waals surface area contributed by atoms with Gasteiger partial charge in [0.2, 0.25) is 12.2 Å². The zero-order valence-corrected chi connectivity index (χ0v) is 32.4. The summed E-state index contributed by atoms with van der Waals surface area (Å²) in [6, 6.07) is 44.8. The zero-order chi connectivity index (χ0) is 38.9. The minimum absolute atomic E-state index is 0.00461. The monoisotopic (exact) mass is 815 g/mol. The largest absolute Gasteiger partial charge is 0.508 e. The van der Waals surface area contributed by atoms with Gasteiger partial charge in [0.05, 0.1) is 26.4 Å². The molecular weight excluding hydrogens is 777 g/mol. The summed E-state index contributed by atoms with van der Waals surface area (Å²) in [5.41, 5.74) is 6.93. The van der Waals surface area contributed by atoms with Gasteiger partial charge in [0.1, 0.15) is 24.9 Å². The summed E-state index contributed by atoms with van der Waals surface area (Å²) in [5, 5.41) is 8.47. The molecular formula is C44H40Cl3NO8. The number of rotatable bonds is 14. The maximum Gasteiger partial charge on any atom is 0.508 e. The molecule has 0 aromatic heterocycles. The quantitative estimate of drug-likeness (QED) is 0.0512. The molecule has 1 heterocycles. The molecule has 0 spiro atoms. The molecule has 9 nitrogen and oxygen atoms in total. The summed E-state index contributed by atoms with van der Waals surface area (Å²) in [6.07, 6.45) is -6.67. The van der Waals surface area contributed by atoms with Crippen LogP contribution in [0.2, 0.25) is 0 Å². The van der Waals surface area contributed by atoms with E-state index in [0.29, 0.717) is 0 Å². The van der Waals surface area contributed by atoms with Crippen molar-refractivity contribution in [2.45, 2.75) is 60.2 Å². The highest BCUT2D eigenvalue weighted by molar-refractivity contribution is 6.76. The fourth-order valence-corrected chi connectivity index (χ4v) is 7.08. The third kappa shape index (κ3) is 9.91. The van der Waals surface area contributed by atoms with E-state index in [0.717, 1.165) is 38.9 Å². The molecule has 7 rings (SSSR count). The third-order valence-electron chi connectivity index (χ3n) is 9.61. The van der Waals surface area contributed by atoms with Crippen molar-refractivity contribution in [2.24, 2.45) is 0 Å². The van der Waals surface area contributed by atoms with Gasteiger partial charge in [-0.2, -0.15) is 0 Å². The van der Waals surface area contributed by atoms with E-state index in [4.69, 9.17) is 73.4 Å². The van der Waals surface area contributed by atoms with E-state index in [1.807, 2.05) is 127 Å². The van der Waals surface area contributed by atoms with Crippen LogP contribution in [0.5, 0.6) is 0 Å². The number of carbonyl (C=O) groups is 1. The van der Waals surface area contributed by atoms with Crippen LogP contribution >= 0.6 is 34.8 Å². The molecule has 5 atom stereocenters. The first-order valence-electron chi connectivity index (χ1n) is 18.2. The van der Waals surface area contributed by atoms with Crippen molar-refractivity contribution < 1.29 is 38.0 Å². The topological polar surface area (TPSA) is 106 Å². The number of carbonyl (C=O) groups excluding carboxylic acids is 1. The Labute approximate surface area is 340 Å². The smallest absolute Gasteiger partial charge is 0.444 e. The minimum atomic E-state index is -2.25. The lowest BCUT2D eigenvalue weighted by Gasteiger charge is -2.45. The first-order valence-corrected chi connectivity index (χ1v) is 19.3. The standard InChI is InChI=1S/C44H40Cl3NO8/c45-44(46,47)42(48)56-41-40(55-43(49)53-27-36-34-22-12-10-20-32(34)33-21-11-13-23-35(33)36)39(52-26-31-18-8-3-9-19-31)38(51-25-30-16-6-2-7-17-30)37(54-41)28-50-24-29-14-4-1-5-15-29/h1-23,36-41,48H,24-28H2. The Morgan fingerprint density at radius 3 is 1.61 bits per heavy atom. The van der Waals surface area contributed by atoms with Crippen LogP contribution in [0.3, 0.4) is 0 Å². The zero-order valence-electron chi connectivity index (χ0n) is 30.2. The van der Waals surface area contributed by atoms with Gasteiger partial charge in [0.25, 0.3) is 3.79 Å². The normalized spacial score (nSPS) is 20.4. The lowest BCUT2D eigenvalue weighted by molar-refractivity contribution is -0.304. The summed E-state index contributed by atoms with van der Waals surface area (Å²) < 4.78 is 41.4. The van der Waals surface area contributed by atoms with Crippen LogP contribution in [0.1, 0.15) is 33.7 Å². The average molecular weight is 817 g/mol. The van der Waals surface area contributed by atoms with Crippen molar-refractivity contribution in [1.29, 1.82) is 5.41 Å². The van der Waals surface area contributed by atoms with Gasteiger partial charge in [0, 0.05) is 5.92 Å². The van der Waals surface area contributed by atoms with Crippen LogP contribution in [-0.2, 0) is 53.0 Å². The number of halogens is 3. The summed E-state index contributed by atoms with van der Waals surface area (Å²) in [5.74, 6) is -0.969. The van der Waals surface area contributed by atoms with Gasteiger partial charge in [-0.25, -0.2) is 4.79 Å². The fraction of sp³-hybridized carbons (Fsp3) is 0.273. The molecule has 0 saturated carbocycles. The van der Waals surface area contributed by atoms with Crippen molar-refractivity contribution in [3.8, 4) is 11.1 Å². The van der Waals surface area contributed by atoms with Gasteiger partial charge < -0.3 is 33.2 Å². The predicted molar refractivity (Wildman–Crippen MR) is 214 cm³/mol. The van der Waals surface area contributed by atoms with E-state index in [1.54, 1.807) is 0 Å². The van der Waals surface area contributed by atoms with E-state index < -0.39 is 46.6 Å². The number of nitrogens with one attached hydrogen (secondary N) is 1. The molecule has 5 unspecified atom stereocenters. The molecule has 1 fully saturated rings. The van der Waals surface area contributed by atoms with Crippen LogP contribution in [0.4, 0.5) is 4.79 Å². The van der Waals surface area contributed by atoms with Crippen LogP contribution in [-0.4, -0.2) is 59.8 Å². The molecule has 1 aliphatic carbocycles. The molecule has 1 N–H and O–H groups in total. The first-order chi connectivity index (χ1) is 27.2. The van der Waals surface area contributed by atoms with Gasteiger partial charge in [-0.05, 0) is 38.9 Å². The average Bonchev–Trinajstić information content (AvgIpc) is 3.54. The van der Waals surface area contributed by atoms with E-state index in [-0.39, 0.29) is 39.0 Å². The van der Waals surface area contributed by atoms with Gasteiger partial charge in [-0.3, -0.25) is 5.41 Å². The second-order valence-corrected chi connectivity index (χ2v) is 15.7. The number of ether oxygens (including phenoxy) is 7. The molecule has 0 bridgehead atoms. The molecule has 0 radical (unpaired) electrons. The second-order valence-electron chi connectivity index (χ2n) is 13.4. The molecule has 5 aromatic rings. The Morgan fingerprint density at radius 1 is 0.589 bits per heavy atom. The highest BCUT2D eigenvalue weighted by Gasteiger charge is 2.52. The van der Waals surface area contributed by atoms with Crippen molar-refractivity contribution in [1.82, 2.24) is 0 Å². The van der Waals surface area contributed by atoms with Crippen LogP contribution in [0.25, 0.3) is 11.1 Å². The Bertz CT molecular complexity index is 2000. The van der Waals surface area contributed by atoms with Crippen LogP contribution in [0, 0.1) is 5.41 Å². The van der Waals surface area contributed by atoms with E-state index >= 15 is 0 Å². The molecule has 0 amide bonds. The molecule has 1 aliphatic heterocycles. The van der Waals surface area contributed by atoms with Crippen LogP contribution in [0.15, 0.2) is 140 Å². The van der Waals surface area contributed by atoms with Gasteiger partial charge >= 0.3 is 6.16 Å². The van der Waals surface area contributed by atoms with Crippen molar-refractivity contribution in [2.75, 3.05) is 13.2 Å². The summed E-state index contributed by atoms with van der Waals surface area (Å²) >= 11 is 18.3. The van der Waals surface area contributed by atoms with E-state index in [2.05, 4.69) is 12.1 Å². The second kappa shape index (κ2) is 18.7. The molecule has 2 aliphatic rings. The molecule has 12 heteroatoms. The SMILES string of the molecule is N=C(OC1OC(COCc2ccccc2)C(OCc2ccccc2)C(OCc2ccccc2)C1OC(=O)OCC1c2ccccc2-c2ccccc21)C(Cl)(Cl)Cl. The first kappa shape index (κ1) is 39.8. The predicted octanol–water partition coefficient (Wildman–Crippen LogP) is 9.80. The van der Waals surface area contributed by atoms with Gasteiger partial charge in [0.15, 0.2) is 6.10 Å². The molecule has 56 heavy (non-hydrogen) atoms. The molecule has 1 saturated heterocycles. The van der Waals surface area contributed by atoms with Crippen molar-refractivity contribution in [3.63, 3.8) is 0 Å². The van der Waals surface area contributed by atoms with E-state index in [9.17, 15) is 4.79 Å². The Hall–Kier alpha value is -4.45. The van der Waals surface area contributed by atoms with Crippen LogP contribution < -0.4 is 0 Å². The maximum atomic E-state index is 13.8. The minimum Gasteiger partial charge on any atom is -0.444 e. The Morgan fingerprint density at radius 2 is 1.07 bits per heavy atom. The van der Waals surface area contributed by atoms with Gasteiger partial charge in [-0.1, -0.05) is 174 Å². The molecule has 5 aromatic carbocycles. The number of hydrogen-bond donors (Lipinski definition) is 1. The number of hydrogen-bond acceptors (Lipinski definition) is 9. The summed E-state index contributed by atoms with van der Waals surface area (Å²) in [7, 11) is 0. The highest BCUT2D eigenvalue weighted by Crippen LogP contribution is 2.44. The van der Waals surface area contributed by atoms with Gasteiger partial charge in [-0.15, -0.1) is 0 Å². The highest BCUT2D eigenvalue weighted by atomic mass is 35.6. The van der Waals surface area contributed by atoms with Crippen molar-refractivity contribution in [3.05, 3.63) is 167 Å².